The maximum Gasteiger partial charge on any atom is 0.216 e. The molecule has 0 bridgehead atoms. The lowest BCUT2D eigenvalue weighted by molar-refractivity contribution is 0.101. The molecule has 2 aromatic rings. The van der Waals surface area contributed by atoms with Crippen molar-refractivity contribution < 1.29 is 9.53 Å². The molecule has 0 amide bonds. The number of rotatable bonds is 4. The quantitative estimate of drug-likeness (QED) is 0.859. The molecule has 23 heavy (non-hydrogen) atoms. The molecule has 3 rings (SSSR count). The summed E-state index contributed by atoms with van der Waals surface area (Å²) in [5.74, 6) is 0.820. The Morgan fingerprint density at radius 2 is 1.96 bits per heavy atom. The minimum Gasteiger partial charge on any atom is -0.481 e. The van der Waals surface area contributed by atoms with Gasteiger partial charge in [-0.05, 0) is 57.2 Å². The van der Waals surface area contributed by atoms with Crippen LogP contribution in [0.5, 0.6) is 5.88 Å². The molecule has 1 heterocycles. The van der Waals surface area contributed by atoms with Gasteiger partial charge in [0.05, 0.1) is 18.5 Å². The fraction of sp³-hybridized carbons (Fsp3) is 0.368. The molecule has 0 aliphatic heterocycles. The number of ether oxygens (including phenoxy) is 1. The molecule has 120 valence electrons. The van der Waals surface area contributed by atoms with E-state index in [1.807, 2.05) is 31.2 Å². The molecule has 0 radical (unpaired) electrons. The van der Waals surface area contributed by atoms with Crippen LogP contribution in [0.2, 0.25) is 0 Å². The molecule has 4 heteroatoms. The topological polar surface area (TPSA) is 51.2 Å². The van der Waals surface area contributed by atoms with Crippen LogP contribution in [0.25, 0.3) is 0 Å². The van der Waals surface area contributed by atoms with Gasteiger partial charge < -0.3 is 10.1 Å². The molecular weight excluding hydrogens is 288 g/mol. The number of Topliss-reactive ketones (excluding diaryl/α,β-unsaturated/α-hetero) is 1. The van der Waals surface area contributed by atoms with E-state index < -0.39 is 0 Å². The standard InChI is InChI=1S/C19H22N2O2/c1-12-18(21-15-8-6-7-14(11-15)13(2)22)16-9-4-5-10-17(16)19(20-12)23-3/h6-8,11,21H,4-5,9-10H2,1-3H3. The highest BCUT2D eigenvalue weighted by Gasteiger charge is 2.21. The van der Waals surface area contributed by atoms with Crippen molar-refractivity contribution in [1.82, 2.24) is 4.98 Å². The molecule has 1 aromatic carbocycles. The Balaban J connectivity index is 2.03. The van der Waals surface area contributed by atoms with E-state index in [1.54, 1.807) is 14.0 Å². The lowest BCUT2D eigenvalue weighted by atomic mass is 9.90. The third-order valence-corrected chi connectivity index (χ3v) is 4.39. The zero-order valence-electron chi connectivity index (χ0n) is 13.9. The second-order valence-electron chi connectivity index (χ2n) is 6.01. The number of nitrogens with one attached hydrogen (secondary N) is 1. The van der Waals surface area contributed by atoms with Gasteiger partial charge in [-0.3, -0.25) is 4.79 Å². The molecule has 0 spiro atoms. The van der Waals surface area contributed by atoms with Crippen molar-refractivity contribution in [2.75, 3.05) is 12.4 Å². The monoisotopic (exact) mass is 310 g/mol. The van der Waals surface area contributed by atoms with Crippen LogP contribution in [-0.2, 0) is 12.8 Å². The maximum atomic E-state index is 11.6. The molecule has 0 saturated carbocycles. The van der Waals surface area contributed by atoms with Gasteiger partial charge in [-0.25, -0.2) is 4.98 Å². The van der Waals surface area contributed by atoms with Crippen molar-refractivity contribution in [3.63, 3.8) is 0 Å². The van der Waals surface area contributed by atoms with Gasteiger partial charge in [0.25, 0.3) is 0 Å². The van der Waals surface area contributed by atoms with Gasteiger partial charge in [-0.2, -0.15) is 0 Å². The molecule has 1 aliphatic carbocycles. The SMILES string of the molecule is COc1nc(C)c(Nc2cccc(C(C)=O)c2)c2c1CCCC2. The van der Waals surface area contributed by atoms with E-state index in [4.69, 9.17) is 4.74 Å². The number of hydrogen-bond donors (Lipinski definition) is 1. The van der Waals surface area contributed by atoms with Gasteiger partial charge in [-0.1, -0.05) is 12.1 Å². The van der Waals surface area contributed by atoms with E-state index in [2.05, 4.69) is 10.3 Å². The summed E-state index contributed by atoms with van der Waals surface area (Å²) in [5, 5.41) is 3.48. The van der Waals surface area contributed by atoms with Crippen LogP contribution in [-0.4, -0.2) is 17.9 Å². The Kier molecular flexibility index (Phi) is 4.33. The van der Waals surface area contributed by atoms with Gasteiger partial charge in [-0.15, -0.1) is 0 Å². The molecule has 0 atom stereocenters. The Morgan fingerprint density at radius 3 is 2.65 bits per heavy atom. The summed E-state index contributed by atoms with van der Waals surface area (Å²) in [7, 11) is 1.68. The largest absolute Gasteiger partial charge is 0.481 e. The number of nitrogens with zero attached hydrogens (tertiary/aromatic N) is 1. The van der Waals surface area contributed by atoms with E-state index in [0.29, 0.717) is 5.56 Å². The molecule has 1 aromatic heterocycles. The molecule has 1 aliphatic rings. The molecule has 4 nitrogen and oxygen atoms in total. The predicted molar refractivity (Wildman–Crippen MR) is 91.9 cm³/mol. The van der Waals surface area contributed by atoms with E-state index in [1.165, 1.54) is 24.0 Å². The first-order chi connectivity index (χ1) is 11.1. The summed E-state index contributed by atoms with van der Waals surface area (Å²) in [4.78, 5) is 16.2. The van der Waals surface area contributed by atoms with Crippen molar-refractivity contribution in [3.05, 3.63) is 46.6 Å². The van der Waals surface area contributed by atoms with Crippen LogP contribution in [0.4, 0.5) is 11.4 Å². The summed E-state index contributed by atoms with van der Waals surface area (Å²) < 4.78 is 5.47. The first-order valence-electron chi connectivity index (χ1n) is 8.04. The summed E-state index contributed by atoms with van der Waals surface area (Å²) in [6, 6.07) is 7.60. The minimum atomic E-state index is 0.0697. The third kappa shape index (κ3) is 3.07. The van der Waals surface area contributed by atoms with Crippen molar-refractivity contribution in [2.45, 2.75) is 39.5 Å². The number of methoxy groups -OCH3 is 1. The molecule has 0 fully saturated rings. The number of fused-ring (bicyclic) bond motifs is 1. The zero-order valence-corrected chi connectivity index (χ0v) is 13.9. The van der Waals surface area contributed by atoms with Crippen molar-refractivity contribution in [1.29, 1.82) is 0 Å². The fourth-order valence-electron chi connectivity index (χ4n) is 3.21. The van der Waals surface area contributed by atoms with Gasteiger partial charge in [0.15, 0.2) is 5.78 Å². The summed E-state index contributed by atoms with van der Waals surface area (Å²) in [6.07, 6.45) is 4.40. The first-order valence-corrected chi connectivity index (χ1v) is 8.04. The first kappa shape index (κ1) is 15.5. The van der Waals surface area contributed by atoms with Crippen molar-refractivity contribution >= 4 is 17.2 Å². The average Bonchev–Trinajstić information content (AvgIpc) is 2.57. The molecular formula is C19H22N2O2. The summed E-state index contributed by atoms with van der Waals surface area (Å²) in [5.41, 5.74) is 6.13. The zero-order chi connectivity index (χ0) is 16.4. The van der Waals surface area contributed by atoms with Gasteiger partial charge >= 0.3 is 0 Å². The lowest BCUT2D eigenvalue weighted by Crippen LogP contribution is -2.12. The Labute approximate surface area is 136 Å². The fourth-order valence-corrected chi connectivity index (χ4v) is 3.21. The predicted octanol–water partition coefficient (Wildman–Crippen LogP) is 4.22. The van der Waals surface area contributed by atoms with Crippen molar-refractivity contribution in [2.24, 2.45) is 0 Å². The van der Waals surface area contributed by atoms with Crippen LogP contribution < -0.4 is 10.1 Å². The Hall–Kier alpha value is -2.36. The summed E-state index contributed by atoms with van der Waals surface area (Å²) in [6.45, 7) is 3.58. The van der Waals surface area contributed by atoms with Crippen LogP contribution in [0, 0.1) is 6.92 Å². The molecule has 0 unspecified atom stereocenters. The highest BCUT2D eigenvalue weighted by molar-refractivity contribution is 5.95. The normalized spacial score (nSPS) is 13.3. The number of ketones is 1. The average molecular weight is 310 g/mol. The van der Waals surface area contributed by atoms with Crippen LogP contribution in [0.3, 0.4) is 0 Å². The summed E-state index contributed by atoms with van der Waals surface area (Å²) >= 11 is 0. The molecule has 1 N–H and O–H groups in total. The number of anilines is 2. The smallest absolute Gasteiger partial charge is 0.216 e. The number of carbonyl (C=O) groups is 1. The number of aromatic nitrogens is 1. The van der Waals surface area contributed by atoms with E-state index in [9.17, 15) is 4.79 Å². The maximum absolute atomic E-state index is 11.6. The van der Waals surface area contributed by atoms with Gasteiger partial charge in [0.1, 0.15) is 0 Å². The highest BCUT2D eigenvalue weighted by atomic mass is 16.5. The number of carbonyl (C=O) groups excluding carboxylic acids is 1. The third-order valence-electron chi connectivity index (χ3n) is 4.39. The highest BCUT2D eigenvalue weighted by Crippen LogP contribution is 2.36. The Morgan fingerprint density at radius 1 is 1.22 bits per heavy atom. The number of pyridine rings is 1. The van der Waals surface area contributed by atoms with E-state index in [-0.39, 0.29) is 5.78 Å². The molecule has 0 saturated heterocycles. The van der Waals surface area contributed by atoms with Crippen molar-refractivity contribution in [3.8, 4) is 5.88 Å². The van der Waals surface area contributed by atoms with E-state index in [0.717, 1.165) is 35.8 Å². The van der Waals surface area contributed by atoms with Gasteiger partial charge in [0.2, 0.25) is 5.88 Å². The van der Waals surface area contributed by atoms with Crippen LogP contribution >= 0.6 is 0 Å². The van der Waals surface area contributed by atoms with Crippen LogP contribution in [0.15, 0.2) is 24.3 Å². The lowest BCUT2D eigenvalue weighted by Gasteiger charge is -2.23. The second kappa shape index (κ2) is 6.41. The number of hydrogen-bond acceptors (Lipinski definition) is 4. The number of benzene rings is 1. The minimum absolute atomic E-state index is 0.0697. The second-order valence-corrected chi connectivity index (χ2v) is 6.01. The Bertz CT molecular complexity index is 753. The number of aryl methyl sites for hydroxylation is 1. The van der Waals surface area contributed by atoms with E-state index >= 15 is 0 Å². The van der Waals surface area contributed by atoms with Gasteiger partial charge in [0, 0.05) is 16.8 Å². The van der Waals surface area contributed by atoms with Crippen LogP contribution in [0.1, 0.15) is 46.9 Å².